The Morgan fingerprint density at radius 2 is 2.28 bits per heavy atom. The van der Waals surface area contributed by atoms with Crippen LogP contribution in [0.25, 0.3) is 0 Å². The van der Waals surface area contributed by atoms with Crippen LogP contribution >= 0.6 is 0 Å². The Labute approximate surface area is 106 Å². The number of hydrogen-bond donors (Lipinski definition) is 3. The number of hydrogen-bond acceptors (Lipinski definition) is 5. The highest BCUT2D eigenvalue weighted by molar-refractivity contribution is 5.80. The van der Waals surface area contributed by atoms with Crippen molar-refractivity contribution in [2.45, 2.75) is 12.8 Å². The zero-order chi connectivity index (χ0) is 13.0. The van der Waals surface area contributed by atoms with Crippen molar-refractivity contribution in [1.82, 2.24) is 10.3 Å². The summed E-state index contributed by atoms with van der Waals surface area (Å²) in [7, 11) is 1.55. The molecule has 1 aliphatic rings. The molecule has 0 unspecified atom stereocenters. The number of ether oxygens (including phenoxy) is 1. The Kier molecular flexibility index (Phi) is 3.86. The molecule has 0 saturated heterocycles. The van der Waals surface area contributed by atoms with E-state index in [4.69, 9.17) is 10.5 Å². The summed E-state index contributed by atoms with van der Waals surface area (Å²) in [6, 6.07) is 3.44. The van der Waals surface area contributed by atoms with E-state index in [1.54, 1.807) is 19.2 Å². The topological polar surface area (TPSA) is 89.3 Å². The Balaban J connectivity index is 1.76. The molecule has 1 saturated carbocycles. The van der Waals surface area contributed by atoms with Gasteiger partial charge in [0.15, 0.2) is 5.82 Å². The van der Waals surface area contributed by atoms with Crippen LogP contribution in [0.3, 0.4) is 0 Å². The molecule has 4 N–H and O–H groups in total. The second-order valence-corrected chi connectivity index (χ2v) is 4.28. The molecule has 0 bridgehead atoms. The summed E-state index contributed by atoms with van der Waals surface area (Å²) in [6.45, 7) is 1.15. The Morgan fingerprint density at radius 3 is 2.94 bits per heavy atom. The van der Waals surface area contributed by atoms with Crippen molar-refractivity contribution in [3.63, 3.8) is 0 Å². The van der Waals surface area contributed by atoms with Gasteiger partial charge in [0, 0.05) is 25.1 Å². The maximum absolute atomic E-state index is 11.4. The highest BCUT2D eigenvalue weighted by Crippen LogP contribution is 2.28. The number of carbonyl (C=O) groups excluding carboxylic acids is 1. The molecule has 2 rings (SSSR count). The monoisotopic (exact) mass is 250 g/mol. The van der Waals surface area contributed by atoms with Crippen LogP contribution < -0.4 is 21.1 Å². The third kappa shape index (κ3) is 3.26. The van der Waals surface area contributed by atoms with Gasteiger partial charge in [-0.2, -0.15) is 4.98 Å². The van der Waals surface area contributed by atoms with E-state index in [1.807, 2.05) is 0 Å². The van der Waals surface area contributed by atoms with Crippen LogP contribution in [0.1, 0.15) is 12.8 Å². The zero-order valence-electron chi connectivity index (χ0n) is 10.4. The number of methoxy groups -OCH3 is 1. The Hall–Kier alpha value is -1.98. The average Bonchev–Trinajstić information content (AvgIpc) is 3.20. The van der Waals surface area contributed by atoms with Crippen molar-refractivity contribution in [1.29, 1.82) is 0 Å². The van der Waals surface area contributed by atoms with Gasteiger partial charge in [-0.25, -0.2) is 0 Å². The third-order valence-electron chi connectivity index (χ3n) is 2.77. The Morgan fingerprint density at radius 1 is 1.50 bits per heavy atom. The van der Waals surface area contributed by atoms with Crippen molar-refractivity contribution in [3.8, 4) is 5.88 Å². The number of pyridine rings is 1. The summed E-state index contributed by atoms with van der Waals surface area (Å²) >= 11 is 0. The van der Waals surface area contributed by atoms with Crippen molar-refractivity contribution in [2.24, 2.45) is 5.92 Å². The number of aromatic nitrogens is 1. The van der Waals surface area contributed by atoms with Crippen molar-refractivity contribution < 1.29 is 9.53 Å². The molecule has 1 aromatic heterocycles. The van der Waals surface area contributed by atoms with E-state index in [1.165, 1.54) is 0 Å². The van der Waals surface area contributed by atoms with Gasteiger partial charge in [-0.1, -0.05) is 0 Å². The first-order valence-corrected chi connectivity index (χ1v) is 6.03. The highest BCUT2D eigenvalue weighted by atomic mass is 16.5. The van der Waals surface area contributed by atoms with E-state index < -0.39 is 0 Å². The molecule has 0 radical (unpaired) electrons. The fraction of sp³-hybridized carbons (Fsp3) is 0.500. The van der Waals surface area contributed by atoms with Crippen LogP contribution in [0.4, 0.5) is 11.5 Å². The standard InChI is InChI=1S/C12H18N4O2/c1-18-10-5-4-9(13)11(16-10)14-6-7-15-12(17)8-2-3-8/h4-5,8H,2-3,6-7,13H2,1H3,(H,14,16)(H,15,17). The van der Waals surface area contributed by atoms with Crippen molar-refractivity contribution >= 4 is 17.4 Å². The number of nitrogens with one attached hydrogen (secondary N) is 2. The van der Waals surface area contributed by atoms with Gasteiger partial charge < -0.3 is 21.1 Å². The van der Waals surface area contributed by atoms with Gasteiger partial charge in [-0.15, -0.1) is 0 Å². The molecule has 1 aliphatic carbocycles. The smallest absolute Gasteiger partial charge is 0.223 e. The molecule has 0 aliphatic heterocycles. The minimum Gasteiger partial charge on any atom is -0.481 e. The summed E-state index contributed by atoms with van der Waals surface area (Å²) in [6.07, 6.45) is 2.04. The maximum Gasteiger partial charge on any atom is 0.223 e. The highest BCUT2D eigenvalue weighted by Gasteiger charge is 2.28. The summed E-state index contributed by atoms with van der Waals surface area (Å²) in [5, 5.41) is 5.93. The van der Waals surface area contributed by atoms with Crippen LogP contribution in [0.5, 0.6) is 5.88 Å². The number of nitrogen functional groups attached to an aromatic ring is 1. The predicted molar refractivity (Wildman–Crippen MR) is 69.4 cm³/mol. The summed E-state index contributed by atoms with van der Waals surface area (Å²) < 4.78 is 5.02. The van der Waals surface area contributed by atoms with Crippen LogP contribution in [-0.2, 0) is 4.79 Å². The molecule has 6 heteroatoms. The fourth-order valence-corrected chi connectivity index (χ4v) is 1.56. The van der Waals surface area contributed by atoms with Crippen LogP contribution in [0.15, 0.2) is 12.1 Å². The molecule has 0 spiro atoms. The van der Waals surface area contributed by atoms with Gasteiger partial charge in [0.1, 0.15) is 0 Å². The molecule has 98 valence electrons. The SMILES string of the molecule is COc1ccc(N)c(NCCNC(=O)C2CC2)n1. The first-order valence-electron chi connectivity index (χ1n) is 6.03. The quantitative estimate of drug-likeness (QED) is 0.644. The van der Waals surface area contributed by atoms with Gasteiger partial charge >= 0.3 is 0 Å². The molecule has 0 atom stereocenters. The molecule has 0 aromatic carbocycles. The Bertz CT molecular complexity index is 432. The lowest BCUT2D eigenvalue weighted by Crippen LogP contribution is -2.30. The minimum absolute atomic E-state index is 0.142. The molecular formula is C12H18N4O2. The van der Waals surface area contributed by atoms with Gasteiger partial charge in [0.25, 0.3) is 0 Å². The van der Waals surface area contributed by atoms with Crippen LogP contribution in [0.2, 0.25) is 0 Å². The number of nitrogens with two attached hydrogens (primary N) is 1. The zero-order valence-corrected chi connectivity index (χ0v) is 10.4. The maximum atomic E-state index is 11.4. The number of rotatable bonds is 6. The minimum atomic E-state index is 0.142. The lowest BCUT2D eigenvalue weighted by molar-refractivity contribution is -0.122. The largest absolute Gasteiger partial charge is 0.481 e. The average molecular weight is 250 g/mol. The molecule has 6 nitrogen and oxygen atoms in total. The summed E-state index contributed by atoms with van der Waals surface area (Å²) in [5.41, 5.74) is 6.34. The second kappa shape index (κ2) is 5.57. The summed E-state index contributed by atoms with van der Waals surface area (Å²) in [5.74, 6) is 1.47. The number of amides is 1. The number of nitrogens with zero attached hydrogens (tertiary/aromatic N) is 1. The number of anilines is 2. The van der Waals surface area contributed by atoms with E-state index >= 15 is 0 Å². The van der Waals surface area contributed by atoms with E-state index in [0.29, 0.717) is 30.5 Å². The second-order valence-electron chi connectivity index (χ2n) is 4.28. The van der Waals surface area contributed by atoms with Gasteiger partial charge in [0.05, 0.1) is 12.8 Å². The molecule has 1 fully saturated rings. The van der Waals surface area contributed by atoms with Gasteiger partial charge in [-0.3, -0.25) is 4.79 Å². The van der Waals surface area contributed by atoms with E-state index in [0.717, 1.165) is 12.8 Å². The normalized spacial score (nSPS) is 14.1. The van der Waals surface area contributed by atoms with Crippen LogP contribution in [-0.4, -0.2) is 31.1 Å². The van der Waals surface area contributed by atoms with Crippen molar-refractivity contribution in [3.05, 3.63) is 12.1 Å². The van der Waals surface area contributed by atoms with Crippen molar-refractivity contribution in [2.75, 3.05) is 31.2 Å². The predicted octanol–water partition coefficient (Wildman–Crippen LogP) is 0.610. The lowest BCUT2D eigenvalue weighted by Gasteiger charge is -2.10. The van der Waals surface area contributed by atoms with E-state index in [2.05, 4.69) is 15.6 Å². The fourth-order valence-electron chi connectivity index (χ4n) is 1.56. The first-order chi connectivity index (χ1) is 8.70. The third-order valence-corrected chi connectivity index (χ3v) is 2.77. The van der Waals surface area contributed by atoms with Gasteiger partial charge in [-0.05, 0) is 18.9 Å². The number of carbonyl (C=O) groups is 1. The van der Waals surface area contributed by atoms with Gasteiger partial charge in [0.2, 0.25) is 11.8 Å². The van der Waals surface area contributed by atoms with E-state index in [-0.39, 0.29) is 11.8 Å². The molecule has 1 aromatic rings. The molecule has 18 heavy (non-hydrogen) atoms. The molecule has 1 heterocycles. The van der Waals surface area contributed by atoms with E-state index in [9.17, 15) is 4.79 Å². The lowest BCUT2D eigenvalue weighted by atomic mass is 10.3. The molecular weight excluding hydrogens is 232 g/mol. The molecule has 1 amide bonds. The van der Waals surface area contributed by atoms with Crippen LogP contribution in [0, 0.1) is 5.92 Å². The summed E-state index contributed by atoms with van der Waals surface area (Å²) in [4.78, 5) is 15.6. The first kappa shape index (κ1) is 12.5.